The quantitative estimate of drug-likeness (QED) is 0.690. The lowest BCUT2D eigenvalue weighted by Crippen LogP contribution is -2.27. The van der Waals surface area contributed by atoms with Gasteiger partial charge in [0.05, 0.1) is 11.4 Å². The molecule has 1 heterocycles. The highest BCUT2D eigenvalue weighted by Gasteiger charge is 2.03. The number of rotatable bonds is 6. The maximum atomic E-state index is 10.7. The van der Waals surface area contributed by atoms with E-state index in [4.69, 9.17) is 5.14 Å². The number of primary sulfonamides is 1. The van der Waals surface area contributed by atoms with Gasteiger partial charge in [-0.15, -0.1) is 0 Å². The molecule has 1 aromatic rings. The van der Waals surface area contributed by atoms with Crippen LogP contribution >= 0.6 is 0 Å². The number of nitrogens with one attached hydrogen (secondary N) is 1. The van der Waals surface area contributed by atoms with Crippen molar-refractivity contribution in [2.75, 3.05) is 12.3 Å². The van der Waals surface area contributed by atoms with E-state index in [2.05, 4.69) is 17.2 Å². The fourth-order valence-corrected chi connectivity index (χ4v) is 1.80. The Bertz CT molecular complexity index is 431. The molecule has 3 N–H and O–H groups in total. The molecule has 0 aliphatic carbocycles. The second kappa shape index (κ2) is 5.93. The highest BCUT2D eigenvalue weighted by Crippen LogP contribution is 2.05. The average Bonchev–Trinajstić information content (AvgIpc) is 2.23. The van der Waals surface area contributed by atoms with E-state index in [0.29, 0.717) is 13.1 Å². The minimum atomic E-state index is -3.38. The number of pyridine rings is 1. The summed E-state index contributed by atoms with van der Waals surface area (Å²) in [6.45, 7) is 2.98. The van der Waals surface area contributed by atoms with Crippen LogP contribution in [0, 0.1) is 0 Å². The number of aryl methyl sites for hydroxylation is 1. The molecule has 0 bridgehead atoms. The van der Waals surface area contributed by atoms with Crippen LogP contribution in [0.5, 0.6) is 0 Å². The summed E-state index contributed by atoms with van der Waals surface area (Å²) in [6, 6.07) is 3.91. The third-order valence-electron chi connectivity index (χ3n) is 2.22. The zero-order chi connectivity index (χ0) is 12.0. The van der Waals surface area contributed by atoms with Gasteiger partial charge in [0.15, 0.2) is 0 Å². The van der Waals surface area contributed by atoms with E-state index in [1.54, 1.807) is 6.20 Å². The minimum absolute atomic E-state index is 0.0543. The smallest absolute Gasteiger partial charge is 0.210 e. The van der Waals surface area contributed by atoms with Crippen LogP contribution in [0.15, 0.2) is 18.3 Å². The summed E-state index contributed by atoms with van der Waals surface area (Å²) in [5, 5.41) is 7.90. The van der Waals surface area contributed by atoms with Crippen molar-refractivity contribution in [3.63, 3.8) is 0 Å². The monoisotopic (exact) mass is 243 g/mol. The maximum absolute atomic E-state index is 10.7. The Balaban J connectivity index is 2.43. The van der Waals surface area contributed by atoms with Gasteiger partial charge in [0.25, 0.3) is 0 Å². The van der Waals surface area contributed by atoms with Crippen molar-refractivity contribution >= 4 is 10.0 Å². The fourth-order valence-electron chi connectivity index (χ4n) is 1.37. The molecule has 0 spiro atoms. The van der Waals surface area contributed by atoms with Gasteiger partial charge in [-0.3, -0.25) is 4.98 Å². The number of nitrogens with zero attached hydrogens (tertiary/aromatic N) is 1. The second-order valence-electron chi connectivity index (χ2n) is 3.51. The highest BCUT2D eigenvalue weighted by molar-refractivity contribution is 7.89. The zero-order valence-corrected chi connectivity index (χ0v) is 10.1. The number of sulfonamides is 1. The van der Waals surface area contributed by atoms with Crippen molar-refractivity contribution < 1.29 is 8.42 Å². The van der Waals surface area contributed by atoms with Gasteiger partial charge in [-0.05, 0) is 18.1 Å². The molecule has 0 saturated heterocycles. The average molecular weight is 243 g/mol. The molecule has 0 unspecified atom stereocenters. The van der Waals surface area contributed by atoms with Gasteiger partial charge in [-0.25, -0.2) is 13.6 Å². The predicted octanol–water partition coefficient (Wildman–Crippen LogP) is 0.0221. The summed E-state index contributed by atoms with van der Waals surface area (Å²) in [6.07, 6.45) is 2.65. The van der Waals surface area contributed by atoms with E-state index in [1.807, 2.05) is 12.1 Å². The lowest BCUT2D eigenvalue weighted by atomic mass is 10.1. The standard InChI is InChI=1S/C10H17N3O2S/c1-2-9-4-3-5-13-10(9)8-12-6-7-16(11,14)15/h3-5,12H,2,6-8H2,1H3,(H2,11,14,15). The van der Waals surface area contributed by atoms with E-state index in [9.17, 15) is 8.42 Å². The summed E-state index contributed by atoms with van der Waals surface area (Å²) >= 11 is 0. The van der Waals surface area contributed by atoms with Crippen LogP contribution in [0.25, 0.3) is 0 Å². The van der Waals surface area contributed by atoms with Crippen molar-refractivity contribution in [1.82, 2.24) is 10.3 Å². The number of nitrogens with two attached hydrogens (primary N) is 1. The van der Waals surface area contributed by atoms with Crippen LogP contribution in [0.2, 0.25) is 0 Å². The second-order valence-corrected chi connectivity index (χ2v) is 5.24. The Morgan fingerprint density at radius 3 is 2.88 bits per heavy atom. The minimum Gasteiger partial charge on any atom is -0.310 e. The van der Waals surface area contributed by atoms with Crippen molar-refractivity contribution in [1.29, 1.82) is 0 Å². The van der Waals surface area contributed by atoms with Gasteiger partial charge in [0.1, 0.15) is 0 Å². The topological polar surface area (TPSA) is 85.1 Å². The maximum Gasteiger partial charge on any atom is 0.210 e. The number of aromatic nitrogens is 1. The lowest BCUT2D eigenvalue weighted by molar-refractivity contribution is 0.591. The molecule has 1 rings (SSSR count). The molecule has 0 aliphatic heterocycles. The van der Waals surface area contributed by atoms with Gasteiger partial charge in [-0.1, -0.05) is 13.0 Å². The van der Waals surface area contributed by atoms with Crippen LogP contribution in [-0.2, 0) is 23.0 Å². The summed E-state index contributed by atoms with van der Waals surface area (Å²) in [5.74, 6) is -0.0543. The first-order valence-corrected chi connectivity index (χ1v) is 6.88. The Morgan fingerprint density at radius 1 is 1.50 bits per heavy atom. The molecule has 0 aliphatic rings. The molecule has 0 fully saturated rings. The third-order valence-corrected chi connectivity index (χ3v) is 2.99. The van der Waals surface area contributed by atoms with E-state index < -0.39 is 10.0 Å². The van der Waals surface area contributed by atoms with Crippen LogP contribution in [0.3, 0.4) is 0 Å². The van der Waals surface area contributed by atoms with Crippen LogP contribution < -0.4 is 10.5 Å². The van der Waals surface area contributed by atoms with E-state index in [1.165, 1.54) is 5.56 Å². The molecule has 1 aromatic heterocycles. The first-order chi connectivity index (χ1) is 7.53. The van der Waals surface area contributed by atoms with Crippen molar-refractivity contribution in [2.24, 2.45) is 5.14 Å². The fraction of sp³-hybridized carbons (Fsp3) is 0.500. The van der Waals surface area contributed by atoms with Crippen LogP contribution in [0.4, 0.5) is 0 Å². The van der Waals surface area contributed by atoms with Gasteiger partial charge >= 0.3 is 0 Å². The molecule has 16 heavy (non-hydrogen) atoms. The third kappa shape index (κ3) is 4.69. The summed E-state index contributed by atoms with van der Waals surface area (Å²) < 4.78 is 21.4. The molecule has 6 heteroatoms. The summed E-state index contributed by atoms with van der Waals surface area (Å²) in [7, 11) is -3.38. The van der Waals surface area contributed by atoms with E-state index >= 15 is 0 Å². The van der Waals surface area contributed by atoms with Crippen LogP contribution in [-0.4, -0.2) is 25.7 Å². The number of hydrogen-bond acceptors (Lipinski definition) is 4. The summed E-state index contributed by atoms with van der Waals surface area (Å²) in [5.41, 5.74) is 2.13. The Morgan fingerprint density at radius 2 is 2.25 bits per heavy atom. The lowest BCUT2D eigenvalue weighted by Gasteiger charge is -2.07. The molecule has 90 valence electrons. The van der Waals surface area contributed by atoms with Gasteiger partial charge in [0.2, 0.25) is 10.0 Å². The summed E-state index contributed by atoms with van der Waals surface area (Å²) in [4.78, 5) is 4.24. The largest absolute Gasteiger partial charge is 0.310 e. The van der Waals surface area contributed by atoms with E-state index in [-0.39, 0.29) is 5.75 Å². The molecular weight excluding hydrogens is 226 g/mol. The molecular formula is C10H17N3O2S. The molecule has 0 atom stereocenters. The molecule has 0 radical (unpaired) electrons. The van der Waals surface area contributed by atoms with Crippen molar-refractivity contribution in [3.8, 4) is 0 Å². The van der Waals surface area contributed by atoms with Gasteiger partial charge < -0.3 is 5.32 Å². The molecule has 5 nitrogen and oxygen atoms in total. The first kappa shape index (κ1) is 13.1. The Labute approximate surface area is 96.1 Å². The first-order valence-electron chi connectivity index (χ1n) is 5.17. The molecule has 0 amide bonds. The van der Waals surface area contributed by atoms with Crippen molar-refractivity contribution in [2.45, 2.75) is 19.9 Å². The number of hydrogen-bond donors (Lipinski definition) is 2. The zero-order valence-electron chi connectivity index (χ0n) is 9.31. The molecule has 0 aromatic carbocycles. The van der Waals surface area contributed by atoms with Gasteiger partial charge in [0, 0.05) is 19.3 Å². The van der Waals surface area contributed by atoms with Crippen molar-refractivity contribution in [3.05, 3.63) is 29.6 Å². The van der Waals surface area contributed by atoms with Gasteiger partial charge in [-0.2, -0.15) is 0 Å². The van der Waals surface area contributed by atoms with E-state index in [0.717, 1.165) is 12.1 Å². The van der Waals surface area contributed by atoms with Crippen LogP contribution in [0.1, 0.15) is 18.2 Å². The predicted molar refractivity (Wildman–Crippen MR) is 63.3 cm³/mol. The Hall–Kier alpha value is -0.980. The molecule has 0 saturated carbocycles. The highest BCUT2D eigenvalue weighted by atomic mass is 32.2. The normalized spacial score (nSPS) is 11.6. The SMILES string of the molecule is CCc1cccnc1CNCCS(N)(=O)=O. The Kier molecular flexibility index (Phi) is 4.85.